The average Bonchev–Trinajstić information content (AvgIpc) is 3.88. The maximum absolute atomic E-state index is 6.63. The van der Waals surface area contributed by atoms with Crippen LogP contribution < -0.4 is 0 Å². The standard InChI is InChI=1S/2C24H23O.C2H6Si.2ClH.Zr/c2*1-14-8-15(2)10-21(9-14)24-18(5)16(3)11-19-12-20(13-22(19)24)23-7-6-17(4)25-23;1-3-2;;;/h2*6-13H,1-5H3;1-2H3;2*1H;. The van der Waals surface area contributed by atoms with E-state index in [1.54, 1.807) is 0 Å². The molecule has 0 radical (unpaired) electrons. The Morgan fingerprint density at radius 3 is 1.14 bits per heavy atom. The molecule has 0 fully saturated rings. The molecular weight excluding hydrogens is 823 g/mol. The van der Waals surface area contributed by atoms with Crippen molar-refractivity contribution in [2.45, 2.75) is 89.6 Å². The average molecular weight is 877 g/mol. The summed E-state index contributed by atoms with van der Waals surface area (Å²) in [5.41, 5.74) is 23.9. The van der Waals surface area contributed by atoms with E-state index in [9.17, 15) is 0 Å². The van der Waals surface area contributed by atoms with Gasteiger partial charge >= 0.3 is 332 Å². The second kappa shape index (κ2) is 16.1. The van der Waals surface area contributed by atoms with E-state index in [1.165, 1.54) is 100 Å². The Morgan fingerprint density at radius 2 is 0.839 bits per heavy atom. The minimum Gasteiger partial charge on any atom is -0.147 e. The summed E-state index contributed by atoms with van der Waals surface area (Å²) >= 11 is -2.70. The molecule has 0 N–H and O–H groups in total. The van der Waals surface area contributed by atoms with Crippen LogP contribution in [0.1, 0.15) is 97.1 Å². The number of aryl methyl sites for hydroxylation is 8. The molecule has 4 aromatic carbocycles. The third-order valence-corrected chi connectivity index (χ3v) is 31.2. The van der Waals surface area contributed by atoms with Crippen molar-refractivity contribution in [1.82, 2.24) is 0 Å². The second-order valence-corrected chi connectivity index (χ2v) is 34.4. The summed E-state index contributed by atoms with van der Waals surface area (Å²) in [6.45, 7) is 27.6. The van der Waals surface area contributed by atoms with Gasteiger partial charge in [0.25, 0.3) is 0 Å². The van der Waals surface area contributed by atoms with E-state index in [-0.39, 0.29) is 24.8 Å². The van der Waals surface area contributed by atoms with Crippen molar-refractivity contribution in [2.75, 3.05) is 0 Å². The number of hydrogen-bond acceptors (Lipinski definition) is 2. The molecule has 6 heteroatoms. The Bertz CT molecular complexity index is 2430. The molecule has 0 aliphatic heterocycles. The van der Waals surface area contributed by atoms with E-state index in [0.29, 0.717) is 7.25 Å². The van der Waals surface area contributed by atoms with E-state index < -0.39 is 25.8 Å². The zero-order valence-electron chi connectivity index (χ0n) is 34.9. The summed E-state index contributed by atoms with van der Waals surface area (Å²) < 4.78 is 13.9. The normalized spacial score (nSPS) is 15.4. The zero-order chi connectivity index (χ0) is 38.3. The van der Waals surface area contributed by atoms with Crippen molar-refractivity contribution in [3.63, 3.8) is 0 Å². The minimum atomic E-state index is -2.70. The van der Waals surface area contributed by atoms with Crippen LogP contribution >= 0.6 is 24.8 Å². The number of halogens is 2. The molecular formula is C50H54Cl2O2SiZr. The third-order valence-electron chi connectivity index (χ3n) is 12.0. The predicted octanol–water partition coefficient (Wildman–Crippen LogP) is 14.9. The van der Waals surface area contributed by atoms with Crippen molar-refractivity contribution in [2.24, 2.45) is 0 Å². The van der Waals surface area contributed by atoms with Gasteiger partial charge in [-0.1, -0.05) is 0 Å². The van der Waals surface area contributed by atoms with E-state index in [0.717, 1.165) is 23.0 Å². The molecule has 8 rings (SSSR count). The summed E-state index contributed by atoms with van der Waals surface area (Å²) in [6.07, 6.45) is 5.08. The van der Waals surface area contributed by atoms with Crippen LogP contribution in [0.5, 0.6) is 0 Å². The first-order valence-corrected chi connectivity index (χ1v) is 28.4. The molecule has 2 aromatic heterocycles. The number of fused-ring (bicyclic) bond motifs is 2. The van der Waals surface area contributed by atoms with Gasteiger partial charge in [0.1, 0.15) is 0 Å². The molecule has 0 saturated carbocycles. The van der Waals surface area contributed by atoms with E-state index in [1.807, 2.05) is 0 Å². The first-order chi connectivity index (χ1) is 25.7. The molecule has 2 aliphatic rings. The molecule has 2 unspecified atom stereocenters. The van der Waals surface area contributed by atoms with Crippen LogP contribution in [0.2, 0.25) is 13.1 Å². The van der Waals surface area contributed by atoms with Gasteiger partial charge in [0, 0.05) is 0 Å². The molecule has 288 valence electrons. The molecule has 0 spiro atoms. The Balaban J connectivity index is 0.00000266. The summed E-state index contributed by atoms with van der Waals surface area (Å²) in [7, 11) is 0. The topological polar surface area (TPSA) is 26.3 Å². The Kier molecular flexibility index (Phi) is 12.1. The maximum Gasteiger partial charge on any atom is -0.147 e. The number of allylic oxidation sites excluding steroid dienone is 2. The van der Waals surface area contributed by atoms with Crippen LogP contribution in [0.4, 0.5) is 0 Å². The molecule has 6 aromatic rings. The first kappa shape index (κ1) is 42.2. The number of rotatable bonds is 6. The van der Waals surface area contributed by atoms with Crippen LogP contribution in [0.3, 0.4) is 0 Å². The third kappa shape index (κ3) is 7.30. The quantitative estimate of drug-likeness (QED) is 0.156. The first-order valence-electron chi connectivity index (χ1n) is 19.4. The van der Waals surface area contributed by atoms with Crippen molar-refractivity contribution in [3.05, 3.63) is 163 Å². The van der Waals surface area contributed by atoms with Gasteiger partial charge in [0.15, 0.2) is 0 Å². The van der Waals surface area contributed by atoms with Gasteiger partial charge in [-0.05, 0) is 0 Å². The summed E-state index contributed by atoms with van der Waals surface area (Å²) in [6, 6.07) is 28.0. The van der Waals surface area contributed by atoms with Gasteiger partial charge < -0.3 is 0 Å². The molecule has 0 saturated heterocycles. The molecule has 0 amide bonds. The van der Waals surface area contributed by atoms with Gasteiger partial charge in [-0.15, -0.1) is 24.8 Å². The van der Waals surface area contributed by atoms with Crippen LogP contribution in [0.15, 0.2) is 81.6 Å². The largest absolute Gasteiger partial charge is 0.147 e. The fourth-order valence-corrected chi connectivity index (χ4v) is 29.3. The number of hydrogen-bond donors (Lipinski definition) is 0. The van der Waals surface area contributed by atoms with Gasteiger partial charge in [-0.2, -0.15) is 0 Å². The fourth-order valence-electron chi connectivity index (χ4n) is 9.53. The maximum atomic E-state index is 6.63. The van der Waals surface area contributed by atoms with Crippen molar-refractivity contribution in [3.8, 4) is 22.3 Å². The fraction of sp³-hybridized carbons (Fsp3) is 0.280. The monoisotopic (exact) mass is 874 g/mol. The summed E-state index contributed by atoms with van der Waals surface area (Å²) in [4.78, 5) is 0. The van der Waals surface area contributed by atoms with Crippen LogP contribution in [-0.4, -0.2) is 5.43 Å². The molecule has 2 atom stereocenters. The summed E-state index contributed by atoms with van der Waals surface area (Å²) in [5.74, 6) is 4.00. The minimum absolute atomic E-state index is 0. The van der Waals surface area contributed by atoms with Crippen molar-refractivity contribution < 1.29 is 29.2 Å². The molecule has 2 nitrogen and oxygen atoms in total. The molecule has 0 bridgehead atoms. The van der Waals surface area contributed by atoms with Gasteiger partial charge in [-0.25, -0.2) is 0 Å². The van der Waals surface area contributed by atoms with E-state index in [2.05, 4.69) is 167 Å². The van der Waals surface area contributed by atoms with Crippen molar-refractivity contribution in [1.29, 1.82) is 0 Å². The molecule has 2 aliphatic carbocycles. The van der Waals surface area contributed by atoms with Crippen LogP contribution in [-0.2, 0) is 20.4 Å². The predicted molar refractivity (Wildman–Crippen MR) is 242 cm³/mol. The SMILES string of the molecule is Cc1cc(C)cc(-c2c(C)c(C)cc3c2C=C(c2ccc(C)o2)[CH]3[Zr]([CH]2C(c3ccc(C)o3)=Cc3c2cc(C)c(C)c3-c2cc(C)cc(C)c2)=[Si](C)C)c1.Cl.Cl. The van der Waals surface area contributed by atoms with Gasteiger partial charge in [0.2, 0.25) is 0 Å². The Labute approximate surface area is 354 Å². The summed E-state index contributed by atoms with van der Waals surface area (Å²) in [5, 5.41) is 0. The van der Waals surface area contributed by atoms with Crippen LogP contribution in [0, 0.1) is 69.2 Å². The van der Waals surface area contributed by atoms with Crippen molar-refractivity contribution >= 4 is 53.5 Å². The Hall–Kier alpha value is -3.40. The van der Waals surface area contributed by atoms with E-state index >= 15 is 0 Å². The van der Waals surface area contributed by atoms with Crippen LogP contribution in [0.25, 0.3) is 45.6 Å². The zero-order valence-corrected chi connectivity index (χ0v) is 40.0. The number of furan rings is 2. The molecule has 2 heterocycles. The smallest absolute Gasteiger partial charge is 0.147 e. The second-order valence-electron chi connectivity index (χ2n) is 16.5. The van der Waals surface area contributed by atoms with Gasteiger partial charge in [0.05, 0.1) is 0 Å². The van der Waals surface area contributed by atoms with Gasteiger partial charge in [-0.3, -0.25) is 0 Å². The molecule has 56 heavy (non-hydrogen) atoms. The Morgan fingerprint density at radius 1 is 0.482 bits per heavy atom. The van der Waals surface area contributed by atoms with E-state index in [4.69, 9.17) is 8.83 Å². The number of benzene rings is 4.